The summed E-state index contributed by atoms with van der Waals surface area (Å²) in [5, 5.41) is 19.4. The van der Waals surface area contributed by atoms with Crippen LogP contribution in [-0.4, -0.2) is 29.0 Å². The van der Waals surface area contributed by atoms with Crippen LogP contribution in [0.1, 0.15) is 34.6 Å². The van der Waals surface area contributed by atoms with Gasteiger partial charge in [-0.25, -0.2) is 9.18 Å². The standard InChI is InChI=1S/C24H18Cl2F4O4/c25-20-9-16(34-12-23(32)33)10-21(26)18(20)8-13-1-6-22(31)17(7-13)19(11-24(28,29)30)14-2-4-15(27)5-3-14/h1-7,9-10,19,31H,8,11-12H2,(H,32,33). The molecular weight excluding hydrogens is 499 g/mol. The Morgan fingerprint density at radius 2 is 1.62 bits per heavy atom. The predicted molar refractivity (Wildman–Crippen MR) is 119 cm³/mol. The lowest BCUT2D eigenvalue weighted by molar-refractivity contribution is -0.139. The fourth-order valence-electron chi connectivity index (χ4n) is 3.51. The maximum absolute atomic E-state index is 13.4. The fraction of sp³-hybridized carbons (Fsp3) is 0.208. The number of phenols is 1. The summed E-state index contributed by atoms with van der Waals surface area (Å²) in [5.74, 6) is -3.22. The van der Waals surface area contributed by atoms with Crippen molar-refractivity contribution in [3.05, 3.63) is 92.7 Å². The highest BCUT2D eigenvalue weighted by Crippen LogP contribution is 2.41. The van der Waals surface area contributed by atoms with Crippen LogP contribution in [0.4, 0.5) is 17.6 Å². The Hall–Kier alpha value is -2.97. The molecule has 34 heavy (non-hydrogen) atoms. The summed E-state index contributed by atoms with van der Waals surface area (Å²) in [7, 11) is 0. The highest BCUT2D eigenvalue weighted by atomic mass is 35.5. The van der Waals surface area contributed by atoms with Crippen LogP contribution in [0.15, 0.2) is 54.6 Å². The van der Waals surface area contributed by atoms with Gasteiger partial charge in [-0.05, 0) is 47.0 Å². The Labute approximate surface area is 202 Å². The fourth-order valence-corrected chi connectivity index (χ4v) is 4.11. The van der Waals surface area contributed by atoms with Crippen molar-refractivity contribution in [1.82, 2.24) is 0 Å². The summed E-state index contributed by atoms with van der Waals surface area (Å²) < 4.78 is 58.5. The van der Waals surface area contributed by atoms with E-state index in [1.807, 2.05) is 0 Å². The molecule has 1 atom stereocenters. The number of hydrogen-bond acceptors (Lipinski definition) is 3. The van der Waals surface area contributed by atoms with Crippen molar-refractivity contribution in [1.29, 1.82) is 0 Å². The average molecular weight is 517 g/mol. The van der Waals surface area contributed by atoms with Crippen molar-refractivity contribution >= 4 is 29.2 Å². The summed E-state index contributed by atoms with van der Waals surface area (Å²) in [4.78, 5) is 10.7. The van der Waals surface area contributed by atoms with E-state index in [9.17, 15) is 27.5 Å². The number of carbonyl (C=O) groups is 1. The lowest BCUT2D eigenvalue weighted by Gasteiger charge is -2.22. The summed E-state index contributed by atoms with van der Waals surface area (Å²) in [5.41, 5.74) is 1.18. The molecule has 0 bridgehead atoms. The number of ether oxygens (including phenoxy) is 1. The molecule has 10 heteroatoms. The molecule has 0 aliphatic heterocycles. The number of alkyl halides is 3. The van der Waals surface area contributed by atoms with Crippen LogP contribution in [0, 0.1) is 5.82 Å². The Kier molecular flexibility index (Phi) is 7.94. The van der Waals surface area contributed by atoms with Crippen molar-refractivity contribution in [3.8, 4) is 11.5 Å². The van der Waals surface area contributed by atoms with Crippen LogP contribution in [-0.2, 0) is 11.2 Å². The van der Waals surface area contributed by atoms with Crippen LogP contribution in [0.25, 0.3) is 0 Å². The molecule has 0 saturated heterocycles. The van der Waals surface area contributed by atoms with Crippen molar-refractivity contribution in [2.75, 3.05) is 6.61 Å². The lowest BCUT2D eigenvalue weighted by atomic mass is 9.86. The van der Waals surface area contributed by atoms with Gasteiger partial charge in [0, 0.05) is 27.9 Å². The van der Waals surface area contributed by atoms with Gasteiger partial charge >= 0.3 is 12.1 Å². The van der Waals surface area contributed by atoms with E-state index < -0.39 is 36.9 Å². The van der Waals surface area contributed by atoms with Gasteiger partial charge in [-0.3, -0.25) is 0 Å². The third-order valence-electron chi connectivity index (χ3n) is 5.03. The zero-order chi connectivity index (χ0) is 25.0. The first-order valence-corrected chi connectivity index (χ1v) is 10.6. The Morgan fingerprint density at radius 1 is 1.00 bits per heavy atom. The topological polar surface area (TPSA) is 66.8 Å². The maximum Gasteiger partial charge on any atom is 0.390 e. The van der Waals surface area contributed by atoms with Crippen molar-refractivity contribution in [3.63, 3.8) is 0 Å². The van der Waals surface area contributed by atoms with E-state index in [2.05, 4.69) is 0 Å². The number of rotatable bonds is 8. The van der Waals surface area contributed by atoms with Gasteiger partial charge in [0.1, 0.15) is 17.3 Å². The molecule has 0 aliphatic rings. The molecule has 0 fully saturated rings. The molecule has 0 aromatic heterocycles. The molecule has 1 unspecified atom stereocenters. The molecule has 0 amide bonds. The van der Waals surface area contributed by atoms with E-state index in [0.717, 1.165) is 12.1 Å². The monoisotopic (exact) mass is 516 g/mol. The molecule has 0 spiro atoms. The van der Waals surface area contributed by atoms with Crippen LogP contribution in [0.2, 0.25) is 10.0 Å². The highest BCUT2D eigenvalue weighted by Gasteiger charge is 2.34. The zero-order valence-electron chi connectivity index (χ0n) is 17.4. The first kappa shape index (κ1) is 25.6. The summed E-state index contributed by atoms with van der Waals surface area (Å²) in [6, 6.07) is 11.6. The smallest absolute Gasteiger partial charge is 0.390 e. The van der Waals surface area contributed by atoms with Crippen molar-refractivity contribution in [2.45, 2.75) is 24.9 Å². The molecule has 0 aliphatic carbocycles. The van der Waals surface area contributed by atoms with E-state index in [0.29, 0.717) is 11.1 Å². The Bertz CT molecular complexity index is 1160. The molecule has 3 aromatic rings. The third-order valence-corrected chi connectivity index (χ3v) is 5.71. The van der Waals surface area contributed by atoms with E-state index in [1.165, 1.54) is 42.5 Å². The molecule has 0 saturated carbocycles. The maximum atomic E-state index is 13.4. The molecule has 3 aromatic carbocycles. The molecule has 180 valence electrons. The van der Waals surface area contributed by atoms with Crippen molar-refractivity contribution < 1.29 is 37.3 Å². The van der Waals surface area contributed by atoms with Crippen LogP contribution >= 0.6 is 23.2 Å². The van der Waals surface area contributed by atoms with E-state index in [-0.39, 0.29) is 39.1 Å². The minimum Gasteiger partial charge on any atom is -0.508 e. The number of carboxylic acids is 1. The van der Waals surface area contributed by atoms with Crippen molar-refractivity contribution in [2.24, 2.45) is 0 Å². The van der Waals surface area contributed by atoms with Gasteiger partial charge in [-0.2, -0.15) is 13.2 Å². The number of aromatic hydroxyl groups is 1. The number of hydrogen-bond donors (Lipinski definition) is 2. The Morgan fingerprint density at radius 3 is 2.18 bits per heavy atom. The molecular formula is C24H18Cl2F4O4. The second-order valence-electron chi connectivity index (χ2n) is 7.54. The molecule has 0 radical (unpaired) electrons. The second-order valence-corrected chi connectivity index (χ2v) is 8.36. The largest absolute Gasteiger partial charge is 0.508 e. The van der Waals surface area contributed by atoms with Gasteiger partial charge in [0.05, 0.1) is 6.42 Å². The van der Waals surface area contributed by atoms with Gasteiger partial charge in [-0.15, -0.1) is 0 Å². The predicted octanol–water partition coefficient (Wildman–Crippen LogP) is 6.98. The molecule has 0 heterocycles. The highest BCUT2D eigenvalue weighted by molar-refractivity contribution is 6.36. The number of benzene rings is 3. The molecule has 4 nitrogen and oxygen atoms in total. The van der Waals surface area contributed by atoms with Crippen LogP contribution < -0.4 is 4.74 Å². The lowest BCUT2D eigenvalue weighted by Crippen LogP contribution is -2.15. The second kappa shape index (κ2) is 10.5. The number of carboxylic acid groups (broad SMARTS) is 1. The van der Waals surface area contributed by atoms with Gasteiger partial charge < -0.3 is 14.9 Å². The number of halogens is 6. The minimum atomic E-state index is -4.54. The quantitative estimate of drug-likeness (QED) is 0.317. The first-order chi connectivity index (χ1) is 15.9. The van der Waals surface area contributed by atoms with Crippen LogP contribution in [0.5, 0.6) is 11.5 Å². The SMILES string of the molecule is O=C(O)COc1cc(Cl)c(Cc2ccc(O)c(C(CC(F)(F)F)c3ccc(F)cc3)c2)c(Cl)c1. The normalized spacial score (nSPS) is 12.4. The van der Waals surface area contributed by atoms with E-state index in [1.54, 1.807) is 0 Å². The molecule has 3 rings (SSSR count). The number of aliphatic carboxylic acids is 1. The summed E-state index contributed by atoms with van der Waals surface area (Å²) in [6.45, 7) is -0.586. The van der Waals surface area contributed by atoms with Gasteiger partial charge in [-0.1, -0.05) is 47.5 Å². The third kappa shape index (κ3) is 6.77. The first-order valence-electron chi connectivity index (χ1n) is 9.89. The van der Waals surface area contributed by atoms with Gasteiger partial charge in [0.15, 0.2) is 6.61 Å². The van der Waals surface area contributed by atoms with Crippen LogP contribution in [0.3, 0.4) is 0 Å². The Balaban J connectivity index is 1.96. The van der Waals surface area contributed by atoms with Gasteiger partial charge in [0.25, 0.3) is 0 Å². The van der Waals surface area contributed by atoms with E-state index >= 15 is 0 Å². The van der Waals surface area contributed by atoms with Gasteiger partial charge in [0.2, 0.25) is 0 Å². The summed E-state index contributed by atoms with van der Waals surface area (Å²) in [6.07, 6.45) is -5.68. The van der Waals surface area contributed by atoms with E-state index in [4.69, 9.17) is 33.0 Å². The zero-order valence-corrected chi connectivity index (χ0v) is 18.9. The number of phenolic OH excluding ortho intramolecular Hbond substituents is 1. The molecule has 2 N–H and O–H groups in total. The minimum absolute atomic E-state index is 0.0232. The average Bonchev–Trinajstić information content (AvgIpc) is 2.74. The summed E-state index contributed by atoms with van der Waals surface area (Å²) >= 11 is 12.6.